The number of nitrogens with zero attached hydrogens (tertiary/aromatic N) is 3. The van der Waals surface area contributed by atoms with Gasteiger partial charge in [-0.15, -0.1) is 0 Å². The minimum Gasteiger partial charge on any atom is -0.340 e. The Morgan fingerprint density at radius 3 is 0.922 bits per heavy atom. The molecule has 0 aliphatic carbocycles. The summed E-state index contributed by atoms with van der Waals surface area (Å²) < 4.78 is 7.99. The molecule has 3 heterocycles. The molecule has 0 radical (unpaired) electrons. The molecule has 270 valence electrons. The molecular formula is C48H63N3. The van der Waals surface area contributed by atoms with Crippen molar-refractivity contribution in [1.29, 1.82) is 0 Å². The van der Waals surface area contributed by atoms with Gasteiger partial charge in [-0.05, 0) is 55.7 Å². The van der Waals surface area contributed by atoms with Crippen LogP contribution in [0.4, 0.5) is 0 Å². The van der Waals surface area contributed by atoms with Gasteiger partial charge in [-0.25, -0.2) is 0 Å². The summed E-state index contributed by atoms with van der Waals surface area (Å²) in [7, 11) is 0. The second kappa shape index (κ2) is 17.2. The van der Waals surface area contributed by atoms with Crippen molar-refractivity contribution in [3.8, 4) is 0 Å². The number of para-hydroxylation sites is 2. The minimum atomic E-state index is 1.08. The van der Waals surface area contributed by atoms with Crippen molar-refractivity contribution >= 4 is 65.4 Å². The van der Waals surface area contributed by atoms with E-state index < -0.39 is 0 Å². The van der Waals surface area contributed by atoms with Crippen molar-refractivity contribution in [1.82, 2.24) is 13.7 Å². The van der Waals surface area contributed by atoms with Gasteiger partial charge in [0.1, 0.15) is 0 Å². The Kier molecular flexibility index (Phi) is 12.0. The third-order valence-electron chi connectivity index (χ3n) is 11.9. The number of benzene rings is 4. The number of aryl methyl sites for hydroxylation is 3. The predicted molar refractivity (Wildman–Crippen MR) is 226 cm³/mol. The first-order valence-corrected chi connectivity index (χ1v) is 21.1. The van der Waals surface area contributed by atoms with Gasteiger partial charge in [-0.2, -0.15) is 0 Å². The van der Waals surface area contributed by atoms with Crippen molar-refractivity contribution in [3.63, 3.8) is 0 Å². The van der Waals surface area contributed by atoms with Gasteiger partial charge in [-0.1, -0.05) is 153 Å². The van der Waals surface area contributed by atoms with Crippen molar-refractivity contribution in [2.75, 3.05) is 0 Å². The number of rotatable bonds is 21. The third kappa shape index (κ3) is 7.46. The average molecular weight is 682 g/mol. The summed E-state index contributed by atoms with van der Waals surface area (Å²) in [5, 5.41) is 8.48. The zero-order valence-corrected chi connectivity index (χ0v) is 32.1. The van der Waals surface area contributed by atoms with Crippen LogP contribution in [-0.4, -0.2) is 13.7 Å². The van der Waals surface area contributed by atoms with E-state index in [4.69, 9.17) is 0 Å². The first kappa shape index (κ1) is 35.7. The molecule has 0 spiro atoms. The molecule has 51 heavy (non-hydrogen) atoms. The Bertz CT molecular complexity index is 2040. The van der Waals surface area contributed by atoms with Crippen LogP contribution < -0.4 is 0 Å². The molecule has 0 saturated heterocycles. The standard InChI is InChI=1S/C48H63N3/c1-4-7-10-13-16-23-30-49-43-28-21-19-26-37(43)39-33-47-41(35-45(39)49)42-36-46-40(34-48(42)51(47)32-25-18-15-12-9-6-3)38-27-20-22-29-44(38)50(46)31-24-17-14-11-8-5-2/h19-22,26-29,33-36H,4-18,23-25,30-32H2,1-3H3. The quantitative estimate of drug-likeness (QED) is 0.0671. The summed E-state index contributed by atoms with van der Waals surface area (Å²) in [6.45, 7) is 10.2. The van der Waals surface area contributed by atoms with Crippen LogP contribution >= 0.6 is 0 Å². The van der Waals surface area contributed by atoms with Gasteiger partial charge in [0.15, 0.2) is 0 Å². The Morgan fingerprint density at radius 2 is 0.569 bits per heavy atom. The summed E-state index contributed by atoms with van der Waals surface area (Å²) in [5.41, 5.74) is 8.41. The van der Waals surface area contributed by atoms with E-state index in [9.17, 15) is 0 Å². The fourth-order valence-corrected chi connectivity index (χ4v) is 9.05. The van der Waals surface area contributed by atoms with E-state index in [-0.39, 0.29) is 0 Å². The van der Waals surface area contributed by atoms with Gasteiger partial charge in [0.05, 0.1) is 0 Å². The molecule has 0 bridgehead atoms. The summed E-state index contributed by atoms with van der Waals surface area (Å²) in [6.07, 6.45) is 23.8. The number of fused-ring (bicyclic) bond motifs is 9. The fourth-order valence-electron chi connectivity index (χ4n) is 9.05. The molecule has 0 amide bonds. The lowest BCUT2D eigenvalue weighted by Crippen LogP contribution is -1.99. The van der Waals surface area contributed by atoms with Crippen LogP contribution in [0.5, 0.6) is 0 Å². The lowest BCUT2D eigenvalue weighted by molar-refractivity contribution is 0.570. The molecule has 3 aromatic heterocycles. The Labute approximate surface area is 307 Å². The van der Waals surface area contributed by atoms with Gasteiger partial charge in [0.25, 0.3) is 0 Å². The summed E-state index contributed by atoms with van der Waals surface area (Å²) >= 11 is 0. The van der Waals surface area contributed by atoms with Gasteiger partial charge in [-0.3, -0.25) is 0 Å². The van der Waals surface area contributed by atoms with E-state index in [1.54, 1.807) is 0 Å². The van der Waals surface area contributed by atoms with E-state index in [1.807, 2.05) is 0 Å². The lowest BCUT2D eigenvalue weighted by atomic mass is 10.1. The zero-order valence-electron chi connectivity index (χ0n) is 32.1. The molecule has 0 unspecified atom stereocenters. The summed E-state index contributed by atoms with van der Waals surface area (Å²) in [6, 6.07) is 28.6. The molecule has 0 aliphatic heterocycles. The van der Waals surface area contributed by atoms with Crippen molar-refractivity contribution in [2.45, 2.75) is 156 Å². The summed E-state index contributed by atoms with van der Waals surface area (Å²) in [5.74, 6) is 0. The first-order valence-electron chi connectivity index (χ1n) is 21.1. The van der Waals surface area contributed by atoms with Gasteiger partial charge in [0.2, 0.25) is 0 Å². The molecule has 7 aromatic rings. The molecular weight excluding hydrogens is 619 g/mol. The van der Waals surface area contributed by atoms with Crippen LogP contribution in [0.25, 0.3) is 65.4 Å². The Balaban J connectivity index is 1.35. The number of aromatic nitrogens is 3. The van der Waals surface area contributed by atoms with Crippen LogP contribution in [0.1, 0.15) is 136 Å². The van der Waals surface area contributed by atoms with Crippen molar-refractivity contribution in [3.05, 3.63) is 72.8 Å². The normalized spacial score (nSPS) is 12.3. The number of hydrogen-bond acceptors (Lipinski definition) is 0. The molecule has 4 aromatic carbocycles. The van der Waals surface area contributed by atoms with E-state index in [1.165, 1.54) is 181 Å². The van der Waals surface area contributed by atoms with Crippen molar-refractivity contribution in [2.24, 2.45) is 0 Å². The van der Waals surface area contributed by atoms with Crippen LogP contribution in [0.15, 0.2) is 72.8 Å². The molecule has 3 heteroatoms. The molecule has 3 nitrogen and oxygen atoms in total. The smallest absolute Gasteiger partial charge is 0.0499 e. The van der Waals surface area contributed by atoms with Gasteiger partial charge >= 0.3 is 0 Å². The van der Waals surface area contributed by atoms with E-state index in [0.717, 1.165) is 19.6 Å². The maximum atomic E-state index is 2.70. The lowest BCUT2D eigenvalue weighted by Gasteiger charge is -2.10. The molecule has 0 N–H and O–H groups in total. The third-order valence-corrected chi connectivity index (χ3v) is 11.9. The van der Waals surface area contributed by atoms with E-state index in [0.29, 0.717) is 0 Å². The highest BCUT2D eigenvalue weighted by atomic mass is 15.0. The SMILES string of the molecule is CCCCCCCCn1c2ccccc2c2cc3c(cc21)c1cc2c(cc1n3CCCCCCCC)c1ccccc1n2CCCCCCCC. The first-order chi connectivity index (χ1) is 25.2. The highest BCUT2D eigenvalue weighted by Gasteiger charge is 2.20. The van der Waals surface area contributed by atoms with E-state index >= 15 is 0 Å². The largest absolute Gasteiger partial charge is 0.340 e. The predicted octanol–water partition coefficient (Wildman–Crippen LogP) is 15.1. The topological polar surface area (TPSA) is 14.8 Å². The van der Waals surface area contributed by atoms with E-state index in [2.05, 4.69) is 107 Å². The molecule has 0 saturated carbocycles. The number of unbranched alkanes of at least 4 members (excludes halogenated alkanes) is 15. The minimum absolute atomic E-state index is 1.08. The van der Waals surface area contributed by atoms with Crippen LogP contribution in [0, 0.1) is 0 Å². The maximum Gasteiger partial charge on any atom is 0.0499 e. The molecule has 7 rings (SSSR count). The fraction of sp³-hybridized carbons (Fsp3) is 0.500. The Hall–Kier alpha value is -3.72. The van der Waals surface area contributed by atoms with Gasteiger partial charge < -0.3 is 13.7 Å². The second-order valence-corrected chi connectivity index (χ2v) is 15.6. The molecule has 0 atom stereocenters. The van der Waals surface area contributed by atoms with Crippen LogP contribution in [-0.2, 0) is 19.6 Å². The van der Waals surface area contributed by atoms with Crippen molar-refractivity contribution < 1.29 is 0 Å². The summed E-state index contributed by atoms with van der Waals surface area (Å²) in [4.78, 5) is 0. The molecule has 0 fully saturated rings. The van der Waals surface area contributed by atoms with Crippen LogP contribution in [0.2, 0.25) is 0 Å². The Morgan fingerprint density at radius 1 is 0.294 bits per heavy atom. The highest BCUT2D eigenvalue weighted by molar-refractivity contribution is 6.21. The van der Waals surface area contributed by atoms with Crippen LogP contribution in [0.3, 0.4) is 0 Å². The molecule has 0 aliphatic rings. The zero-order chi connectivity index (χ0) is 35.0. The van der Waals surface area contributed by atoms with Gasteiger partial charge in [0, 0.05) is 85.1 Å². The average Bonchev–Trinajstić information content (AvgIpc) is 3.75. The second-order valence-electron chi connectivity index (χ2n) is 15.6. The highest BCUT2D eigenvalue weighted by Crippen LogP contribution is 2.41. The number of hydrogen-bond donors (Lipinski definition) is 0. The maximum absolute atomic E-state index is 2.70. The monoisotopic (exact) mass is 682 g/mol.